The van der Waals surface area contributed by atoms with E-state index in [2.05, 4.69) is 61.5 Å². The van der Waals surface area contributed by atoms with Gasteiger partial charge in [0.15, 0.2) is 0 Å². The summed E-state index contributed by atoms with van der Waals surface area (Å²) in [5.41, 5.74) is 4.88. The van der Waals surface area contributed by atoms with Crippen molar-refractivity contribution in [1.82, 2.24) is 10.4 Å². The topological polar surface area (TPSA) is 25.0 Å². The van der Waals surface area contributed by atoms with Gasteiger partial charge in [0.2, 0.25) is 0 Å². The van der Waals surface area contributed by atoms with Gasteiger partial charge in [-0.2, -0.15) is 0 Å². The monoisotopic (exact) mass is 176 g/mol. The maximum absolute atomic E-state index is 3.34. The van der Waals surface area contributed by atoms with Crippen molar-refractivity contribution in [3.8, 4) is 0 Å². The maximum Gasteiger partial charge on any atom is 0.0925 e. The Morgan fingerprint density at radius 2 is 1.77 bits per heavy atom. The summed E-state index contributed by atoms with van der Waals surface area (Å²) in [6, 6.07) is 11.0. The zero-order valence-electron chi connectivity index (χ0n) is 8.41. The first-order valence-corrected chi connectivity index (χ1v) is 4.73. The Morgan fingerprint density at radius 3 is 2.23 bits per heavy atom. The molecule has 70 valence electrons. The summed E-state index contributed by atoms with van der Waals surface area (Å²) in [4.78, 5) is 0. The summed E-state index contributed by atoms with van der Waals surface area (Å²) < 4.78 is 0. The molecule has 0 aliphatic carbocycles. The van der Waals surface area contributed by atoms with Crippen LogP contribution in [0.1, 0.15) is 32.4 Å². The highest BCUT2D eigenvalue weighted by Crippen LogP contribution is 2.34. The molecule has 2 atom stereocenters. The molecular weight excluding hydrogens is 160 g/mol. The second kappa shape index (κ2) is 2.82. The highest BCUT2D eigenvalue weighted by atomic mass is 15.8. The lowest BCUT2D eigenvalue weighted by molar-refractivity contribution is 0.350. The number of rotatable bonds is 2. The molecule has 1 aromatic carbocycles. The van der Waals surface area contributed by atoms with Crippen molar-refractivity contribution >= 4 is 0 Å². The summed E-state index contributed by atoms with van der Waals surface area (Å²) in [7, 11) is 0. The first kappa shape index (κ1) is 8.73. The van der Waals surface area contributed by atoms with Gasteiger partial charge in [0.1, 0.15) is 0 Å². The van der Waals surface area contributed by atoms with E-state index in [1.54, 1.807) is 0 Å². The summed E-state index contributed by atoms with van der Waals surface area (Å²) in [6.07, 6.45) is 0. The van der Waals surface area contributed by atoms with Crippen molar-refractivity contribution in [2.24, 2.45) is 0 Å². The highest BCUT2D eigenvalue weighted by molar-refractivity contribution is 5.20. The molecule has 1 aliphatic rings. The van der Waals surface area contributed by atoms with Gasteiger partial charge in [0.05, 0.1) is 5.66 Å². The standard InChI is InChI=1S/C11H16N2/c1-9(13-11(2,3)12-13)10-7-5-4-6-8-10/h4-9,12H,1-3H3/t9-,13?/m1/s1. The van der Waals surface area contributed by atoms with Crippen LogP contribution < -0.4 is 5.43 Å². The van der Waals surface area contributed by atoms with Gasteiger partial charge in [-0.3, -0.25) is 0 Å². The molecule has 0 bridgehead atoms. The molecule has 1 saturated heterocycles. The average Bonchev–Trinajstić information content (AvgIpc) is 2.76. The normalized spacial score (nSPS) is 26.8. The van der Waals surface area contributed by atoms with Crippen molar-refractivity contribution in [3.05, 3.63) is 35.9 Å². The lowest BCUT2D eigenvalue weighted by Gasteiger charge is -2.13. The zero-order valence-corrected chi connectivity index (χ0v) is 8.41. The first-order valence-electron chi connectivity index (χ1n) is 4.73. The molecule has 2 heteroatoms. The smallest absolute Gasteiger partial charge is 0.0925 e. The van der Waals surface area contributed by atoms with Crippen molar-refractivity contribution in [2.45, 2.75) is 32.5 Å². The highest BCUT2D eigenvalue weighted by Gasteiger charge is 2.45. The van der Waals surface area contributed by atoms with E-state index >= 15 is 0 Å². The number of hydrogen-bond donors (Lipinski definition) is 1. The number of nitrogens with zero attached hydrogens (tertiary/aromatic N) is 1. The molecule has 0 saturated carbocycles. The fraction of sp³-hybridized carbons (Fsp3) is 0.455. The van der Waals surface area contributed by atoms with Crippen LogP contribution in [0.2, 0.25) is 0 Å². The van der Waals surface area contributed by atoms with Crippen LogP contribution in [0.25, 0.3) is 0 Å². The molecule has 1 aliphatic heterocycles. The predicted molar refractivity (Wildman–Crippen MR) is 53.9 cm³/mol. The Labute approximate surface area is 79.5 Å². The Balaban J connectivity index is 2.12. The molecule has 1 N–H and O–H groups in total. The molecule has 0 aromatic heterocycles. The van der Waals surface area contributed by atoms with Crippen molar-refractivity contribution in [1.29, 1.82) is 0 Å². The molecule has 1 fully saturated rings. The fourth-order valence-corrected chi connectivity index (χ4v) is 1.73. The van der Waals surface area contributed by atoms with E-state index in [9.17, 15) is 0 Å². The van der Waals surface area contributed by atoms with E-state index in [4.69, 9.17) is 0 Å². The summed E-state index contributed by atoms with van der Waals surface area (Å²) >= 11 is 0. The Morgan fingerprint density at radius 1 is 1.23 bits per heavy atom. The van der Waals surface area contributed by atoms with Crippen molar-refractivity contribution in [3.63, 3.8) is 0 Å². The number of hydrazine groups is 1. The average molecular weight is 176 g/mol. The molecular formula is C11H16N2. The van der Waals surface area contributed by atoms with E-state index < -0.39 is 0 Å². The third kappa shape index (κ3) is 1.60. The number of benzene rings is 1. The predicted octanol–water partition coefficient (Wildman–Crippen LogP) is 2.30. The SMILES string of the molecule is C[C@H](c1ccccc1)N1NC1(C)C. The molecule has 1 heterocycles. The third-order valence-corrected chi connectivity index (χ3v) is 2.62. The minimum Gasteiger partial charge on any atom is -0.232 e. The maximum atomic E-state index is 3.34. The van der Waals surface area contributed by atoms with Crippen LogP contribution >= 0.6 is 0 Å². The number of hydrogen-bond acceptors (Lipinski definition) is 2. The van der Waals surface area contributed by atoms with Crippen LogP contribution in [0.5, 0.6) is 0 Å². The first-order chi connectivity index (χ1) is 6.11. The molecule has 0 radical (unpaired) electrons. The van der Waals surface area contributed by atoms with Gasteiger partial charge < -0.3 is 0 Å². The third-order valence-electron chi connectivity index (χ3n) is 2.62. The van der Waals surface area contributed by atoms with Crippen LogP contribution in [0, 0.1) is 0 Å². The van der Waals surface area contributed by atoms with E-state index in [0.29, 0.717) is 6.04 Å². The molecule has 1 unspecified atom stereocenters. The van der Waals surface area contributed by atoms with Gasteiger partial charge in [-0.25, -0.2) is 10.4 Å². The van der Waals surface area contributed by atoms with Crippen LogP contribution in [0.15, 0.2) is 30.3 Å². The summed E-state index contributed by atoms with van der Waals surface area (Å²) in [5, 5.41) is 2.27. The van der Waals surface area contributed by atoms with Crippen LogP contribution in [-0.2, 0) is 0 Å². The molecule has 0 spiro atoms. The van der Waals surface area contributed by atoms with E-state index in [1.807, 2.05) is 0 Å². The quantitative estimate of drug-likeness (QED) is 0.699. The fourth-order valence-electron chi connectivity index (χ4n) is 1.73. The van der Waals surface area contributed by atoms with Gasteiger partial charge in [-0.05, 0) is 26.3 Å². The van der Waals surface area contributed by atoms with Gasteiger partial charge in [0, 0.05) is 6.04 Å². The minimum absolute atomic E-state index is 0.176. The Bertz CT molecular complexity index is 292. The summed E-state index contributed by atoms with van der Waals surface area (Å²) in [6.45, 7) is 6.59. The van der Waals surface area contributed by atoms with E-state index in [0.717, 1.165) is 0 Å². The largest absolute Gasteiger partial charge is 0.232 e. The Hall–Kier alpha value is -0.860. The molecule has 13 heavy (non-hydrogen) atoms. The minimum atomic E-state index is 0.176. The zero-order chi connectivity index (χ0) is 9.47. The second-order valence-corrected chi connectivity index (χ2v) is 4.13. The molecule has 0 amide bonds. The molecule has 2 rings (SSSR count). The summed E-state index contributed by atoms with van der Waals surface area (Å²) in [5.74, 6) is 0. The van der Waals surface area contributed by atoms with Crippen LogP contribution in [-0.4, -0.2) is 10.7 Å². The van der Waals surface area contributed by atoms with Crippen LogP contribution in [0.3, 0.4) is 0 Å². The van der Waals surface area contributed by atoms with Crippen LogP contribution in [0.4, 0.5) is 0 Å². The van der Waals surface area contributed by atoms with E-state index in [1.165, 1.54) is 5.56 Å². The van der Waals surface area contributed by atoms with E-state index in [-0.39, 0.29) is 5.66 Å². The molecule has 2 nitrogen and oxygen atoms in total. The van der Waals surface area contributed by atoms with Gasteiger partial charge in [0.25, 0.3) is 0 Å². The Kier molecular flexibility index (Phi) is 1.90. The van der Waals surface area contributed by atoms with Crippen molar-refractivity contribution < 1.29 is 0 Å². The van der Waals surface area contributed by atoms with Crippen molar-refractivity contribution in [2.75, 3.05) is 0 Å². The lowest BCUT2D eigenvalue weighted by atomic mass is 10.1. The lowest BCUT2D eigenvalue weighted by Crippen LogP contribution is -2.13. The van der Waals surface area contributed by atoms with Gasteiger partial charge >= 0.3 is 0 Å². The number of nitrogens with one attached hydrogen (secondary N) is 1. The van der Waals surface area contributed by atoms with Gasteiger partial charge in [-0.1, -0.05) is 30.3 Å². The molecule has 1 aromatic rings. The second-order valence-electron chi connectivity index (χ2n) is 4.13. The van der Waals surface area contributed by atoms with Gasteiger partial charge in [-0.15, -0.1) is 0 Å².